The predicted octanol–water partition coefficient (Wildman–Crippen LogP) is 0.671. The number of nitrogens with two attached hydrogens (primary N) is 1. The van der Waals surface area contributed by atoms with E-state index < -0.39 is 5.60 Å². The van der Waals surface area contributed by atoms with Crippen LogP contribution in [0.3, 0.4) is 0 Å². The Morgan fingerprint density at radius 3 is 2.78 bits per heavy atom. The fourth-order valence-electron chi connectivity index (χ4n) is 1.81. The summed E-state index contributed by atoms with van der Waals surface area (Å²) in [6.45, 7) is 6.74. The Morgan fingerprint density at radius 1 is 1.61 bits per heavy atom. The fraction of sp³-hybridized carbons (Fsp3) is 0.727. The molecule has 0 spiro atoms. The number of likely N-dealkylation sites (tertiary alicyclic amines) is 1. The number of nitrogens with zero attached hydrogens (tertiary/aromatic N) is 3. The van der Waals surface area contributed by atoms with Gasteiger partial charge >= 0.3 is 6.09 Å². The number of carbonyl (C=O) groups is 1. The number of nitrogens with one attached hydrogen (secondary N) is 1. The Hall–Kier alpha value is -1.63. The standard InChI is InChI=1S/C11H19N5O2/c1-11(2,3)18-10(17)16-4-7(5-16)8(12)9-13-6-14-15-9/h6-8H,4-5,12H2,1-3H3,(H,13,14,15). The lowest BCUT2D eigenvalue weighted by Gasteiger charge is -2.41. The van der Waals surface area contributed by atoms with Gasteiger partial charge in [-0.15, -0.1) is 0 Å². The van der Waals surface area contributed by atoms with E-state index in [1.54, 1.807) is 4.90 Å². The summed E-state index contributed by atoms with van der Waals surface area (Å²) in [6, 6.07) is -0.216. The molecule has 1 aliphatic heterocycles. The third-order valence-corrected chi connectivity index (χ3v) is 2.82. The Kier molecular flexibility index (Phi) is 3.25. The van der Waals surface area contributed by atoms with Crippen LogP contribution in [0.1, 0.15) is 32.6 Å². The molecular formula is C11H19N5O2. The van der Waals surface area contributed by atoms with E-state index in [0.29, 0.717) is 18.9 Å². The molecular weight excluding hydrogens is 234 g/mol. The number of aromatic nitrogens is 3. The number of hydrogen-bond donors (Lipinski definition) is 2. The molecule has 100 valence electrons. The molecule has 1 saturated heterocycles. The second kappa shape index (κ2) is 4.56. The SMILES string of the molecule is CC(C)(C)OC(=O)N1CC(C(N)c2ncn[nH]2)C1. The Labute approximate surface area is 106 Å². The molecule has 1 aromatic heterocycles. The van der Waals surface area contributed by atoms with E-state index >= 15 is 0 Å². The smallest absolute Gasteiger partial charge is 0.410 e. The molecule has 7 nitrogen and oxygen atoms in total. The molecule has 0 bridgehead atoms. The van der Waals surface area contributed by atoms with Crippen molar-refractivity contribution in [2.75, 3.05) is 13.1 Å². The van der Waals surface area contributed by atoms with Crippen LogP contribution in [-0.2, 0) is 4.74 Å². The number of carbonyl (C=O) groups excluding carboxylic acids is 1. The lowest BCUT2D eigenvalue weighted by molar-refractivity contribution is -0.00519. The van der Waals surface area contributed by atoms with Gasteiger partial charge in [0, 0.05) is 19.0 Å². The first-order chi connectivity index (χ1) is 8.37. The van der Waals surface area contributed by atoms with E-state index in [4.69, 9.17) is 10.5 Å². The van der Waals surface area contributed by atoms with Crippen LogP contribution in [0.15, 0.2) is 6.33 Å². The lowest BCUT2D eigenvalue weighted by atomic mass is 9.92. The van der Waals surface area contributed by atoms with Gasteiger partial charge in [0.25, 0.3) is 0 Å². The van der Waals surface area contributed by atoms with E-state index in [1.165, 1.54) is 6.33 Å². The zero-order valence-electron chi connectivity index (χ0n) is 10.9. The highest BCUT2D eigenvalue weighted by Gasteiger charge is 2.38. The molecule has 0 radical (unpaired) electrons. The van der Waals surface area contributed by atoms with Gasteiger partial charge in [-0.05, 0) is 20.8 Å². The normalized spacial score (nSPS) is 18.3. The molecule has 1 atom stereocenters. The summed E-state index contributed by atoms with van der Waals surface area (Å²) in [6.07, 6.45) is 1.14. The van der Waals surface area contributed by atoms with E-state index in [0.717, 1.165) is 0 Å². The van der Waals surface area contributed by atoms with Crippen LogP contribution in [0.25, 0.3) is 0 Å². The average molecular weight is 253 g/mol. The fourth-order valence-corrected chi connectivity index (χ4v) is 1.81. The van der Waals surface area contributed by atoms with Crippen molar-refractivity contribution in [2.45, 2.75) is 32.4 Å². The van der Waals surface area contributed by atoms with Crippen molar-refractivity contribution < 1.29 is 9.53 Å². The van der Waals surface area contributed by atoms with Gasteiger partial charge in [0.2, 0.25) is 0 Å². The highest BCUT2D eigenvalue weighted by Crippen LogP contribution is 2.27. The third-order valence-electron chi connectivity index (χ3n) is 2.82. The van der Waals surface area contributed by atoms with Crippen molar-refractivity contribution in [2.24, 2.45) is 11.7 Å². The number of hydrogen-bond acceptors (Lipinski definition) is 5. The summed E-state index contributed by atoms with van der Waals surface area (Å²) >= 11 is 0. The van der Waals surface area contributed by atoms with Gasteiger partial charge in [0.15, 0.2) is 0 Å². The lowest BCUT2D eigenvalue weighted by Crippen LogP contribution is -2.54. The van der Waals surface area contributed by atoms with Crippen LogP contribution >= 0.6 is 0 Å². The summed E-state index contributed by atoms with van der Waals surface area (Å²) in [5.41, 5.74) is 5.56. The van der Waals surface area contributed by atoms with Crippen molar-refractivity contribution in [3.8, 4) is 0 Å². The van der Waals surface area contributed by atoms with Gasteiger partial charge in [-0.3, -0.25) is 5.10 Å². The van der Waals surface area contributed by atoms with Crippen molar-refractivity contribution in [3.63, 3.8) is 0 Å². The molecule has 0 aliphatic carbocycles. The van der Waals surface area contributed by atoms with Gasteiger partial charge in [-0.25, -0.2) is 9.78 Å². The minimum Gasteiger partial charge on any atom is -0.444 e. The predicted molar refractivity (Wildman–Crippen MR) is 64.6 cm³/mol. The molecule has 7 heteroatoms. The molecule has 3 N–H and O–H groups in total. The number of aromatic amines is 1. The Balaban J connectivity index is 1.82. The molecule has 1 unspecified atom stereocenters. The number of rotatable bonds is 2. The summed E-state index contributed by atoms with van der Waals surface area (Å²) in [4.78, 5) is 17.4. The number of H-pyrrole nitrogens is 1. The highest BCUT2D eigenvalue weighted by molar-refractivity contribution is 5.69. The monoisotopic (exact) mass is 253 g/mol. The van der Waals surface area contributed by atoms with Crippen molar-refractivity contribution >= 4 is 6.09 Å². The van der Waals surface area contributed by atoms with Gasteiger partial charge in [0.05, 0.1) is 6.04 Å². The zero-order valence-corrected chi connectivity index (χ0v) is 10.9. The summed E-state index contributed by atoms with van der Waals surface area (Å²) in [7, 11) is 0. The molecule has 2 rings (SSSR count). The summed E-state index contributed by atoms with van der Waals surface area (Å²) < 4.78 is 5.27. The minimum atomic E-state index is -0.463. The third kappa shape index (κ3) is 2.79. The number of ether oxygens (including phenoxy) is 1. The Morgan fingerprint density at radius 2 is 2.28 bits per heavy atom. The summed E-state index contributed by atoms with van der Waals surface area (Å²) in [5, 5.41) is 6.51. The van der Waals surface area contributed by atoms with Gasteiger partial charge in [-0.1, -0.05) is 0 Å². The molecule has 0 saturated carbocycles. The molecule has 1 fully saturated rings. The Bertz CT molecular complexity index is 406. The molecule has 2 heterocycles. The first-order valence-corrected chi connectivity index (χ1v) is 5.95. The first-order valence-electron chi connectivity index (χ1n) is 5.95. The van der Waals surface area contributed by atoms with Crippen LogP contribution in [0.5, 0.6) is 0 Å². The molecule has 18 heavy (non-hydrogen) atoms. The van der Waals surface area contributed by atoms with Gasteiger partial charge in [-0.2, -0.15) is 5.10 Å². The van der Waals surface area contributed by atoms with Gasteiger partial charge in [0.1, 0.15) is 17.8 Å². The van der Waals surface area contributed by atoms with Gasteiger partial charge < -0.3 is 15.4 Å². The van der Waals surface area contributed by atoms with E-state index in [-0.39, 0.29) is 18.1 Å². The largest absolute Gasteiger partial charge is 0.444 e. The van der Waals surface area contributed by atoms with Crippen LogP contribution in [0, 0.1) is 5.92 Å². The van der Waals surface area contributed by atoms with Crippen molar-refractivity contribution in [1.29, 1.82) is 0 Å². The second-order valence-corrected chi connectivity index (χ2v) is 5.54. The highest BCUT2D eigenvalue weighted by atomic mass is 16.6. The maximum atomic E-state index is 11.7. The zero-order chi connectivity index (χ0) is 13.3. The van der Waals surface area contributed by atoms with Crippen molar-refractivity contribution in [1.82, 2.24) is 20.1 Å². The van der Waals surface area contributed by atoms with Crippen LogP contribution < -0.4 is 5.73 Å². The van der Waals surface area contributed by atoms with Crippen LogP contribution in [-0.4, -0.2) is 44.9 Å². The first kappa shape index (κ1) is 12.8. The maximum absolute atomic E-state index is 11.7. The average Bonchev–Trinajstić information content (AvgIpc) is 2.63. The van der Waals surface area contributed by atoms with E-state index in [9.17, 15) is 4.79 Å². The van der Waals surface area contributed by atoms with E-state index in [1.807, 2.05) is 20.8 Å². The number of amides is 1. The van der Waals surface area contributed by atoms with Crippen LogP contribution in [0.4, 0.5) is 4.79 Å². The molecule has 1 aliphatic rings. The van der Waals surface area contributed by atoms with Crippen molar-refractivity contribution in [3.05, 3.63) is 12.2 Å². The van der Waals surface area contributed by atoms with Crippen LogP contribution in [0.2, 0.25) is 0 Å². The quantitative estimate of drug-likeness (QED) is 0.807. The summed E-state index contributed by atoms with van der Waals surface area (Å²) in [5.74, 6) is 0.856. The maximum Gasteiger partial charge on any atom is 0.410 e. The minimum absolute atomic E-state index is 0.200. The molecule has 1 aromatic rings. The second-order valence-electron chi connectivity index (χ2n) is 5.54. The topological polar surface area (TPSA) is 97.1 Å². The molecule has 0 aromatic carbocycles. The molecule has 1 amide bonds. The van der Waals surface area contributed by atoms with E-state index in [2.05, 4.69) is 15.2 Å².